The highest BCUT2D eigenvalue weighted by atomic mass is 32.1. The number of para-hydroxylation sites is 2. The zero-order valence-corrected chi connectivity index (χ0v) is 79.5. The number of benzene rings is 12. The number of carbonyl (C=O) groups excluding carboxylic acids is 7. The fraction of sp³-hybridized carbons (Fsp3) is 0.170. The Bertz CT molecular complexity index is 6960. The molecule has 706 valence electrons. The number of fused-ring (bicyclic) bond motifs is 3. The molecule has 28 heteroatoms. The molecular formula is C112H98N8O17S3. The average Bonchev–Trinajstić information content (AvgIpc) is 1.62. The van der Waals surface area contributed by atoms with Crippen molar-refractivity contribution in [3.63, 3.8) is 0 Å². The van der Waals surface area contributed by atoms with Gasteiger partial charge in [-0.3, -0.25) is 10.9 Å². The van der Waals surface area contributed by atoms with Crippen molar-refractivity contribution in [1.29, 1.82) is 5.26 Å². The molecule has 12 aromatic carbocycles. The predicted molar refractivity (Wildman–Crippen MR) is 548 cm³/mol. The minimum absolute atomic E-state index is 0.208. The summed E-state index contributed by atoms with van der Waals surface area (Å²) in [6, 6.07) is 82.6. The SMILES string of the molecule is C=CC(=O)OCCCCCCOc1ccc(C(=O)Oc2ccc(C#Cc3ccc(CCCC)cc3)cc2/C=N/Nc2nc3ccccc3s2)cc1.C=CC(=O)OCCCOc1ccc(C(=O)Oc2ccc(-c3ccc(CCC)cc3)cc2/C=N/Nc2nc3ccccc3s2)cc1.C=CC(=O)OCOc1ccc(C(=O)Oc2ccc(OC(=O)c3ccc(CC)cc3)c3nc(-c4ccc(C#N)cc4)sc23)cc1. The fourth-order valence-corrected chi connectivity index (χ4v) is 16.2. The number of hydrogen-bond acceptors (Lipinski definition) is 28. The van der Waals surface area contributed by atoms with Gasteiger partial charge in [0.25, 0.3) is 0 Å². The lowest BCUT2D eigenvalue weighted by Crippen LogP contribution is -2.10. The van der Waals surface area contributed by atoms with Crippen molar-refractivity contribution < 1.29 is 80.9 Å². The maximum absolute atomic E-state index is 13.2. The number of esters is 7. The summed E-state index contributed by atoms with van der Waals surface area (Å²) in [4.78, 5) is 99.6. The molecule has 0 aliphatic carbocycles. The van der Waals surface area contributed by atoms with Crippen molar-refractivity contribution in [1.82, 2.24) is 15.0 Å². The summed E-state index contributed by atoms with van der Waals surface area (Å²) in [5.41, 5.74) is 19.4. The van der Waals surface area contributed by atoms with Gasteiger partial charge in [-0.1, -0.05) is 179 Å². The van der Waals surface area contributed by atoms with Crippen LogP contribution in [0.25, 0.3) is 52.3 Å². The summed E-state index contributed by atoms with van der Waals surface area (Å²) < 4.78 is 57.4. The Morgan fingerprint density at radius 2 is 0.814 bits per heavy atom. The Hall–Kier alpha value is -16.8. The summed E-state index contributed by atoms with van der Waals surface area (Å²) in [6.07, 6.45) is 17.0. The first-order valence-corrected chi connectivity index (χ1v) is 47.6. The average molecular weight is 1920 g/mol. The highest BCUT2D eigenvalue weighted by molar-refractivity contribution is 7.23. The molecule has 0 aliphatic rings. The van der Waals surface area contributed by atoms with Gasteiger partial charge in [-0.25, -0.2) is 48.5 Å². The van der Waals surface area contributed by atoms with Crippen LogP contribution in [0.4, 0.5) is 10.3 Å². The second-order valence-corrected chi connectivity index (χ2v) is 34.0. The number of rotatable bonds is 41. The van der Waals surface area contributed by atoms with Crippen LogP contribution in [0, 0.1) is 23.2 Å². The van der Waals surface area contributed by atoms with Gasteiger partial charge in [0.2, 0.25) is 17.1 Å². The molecule has 3 heterocycles. The molecule has 25 nitrogen and oxygen atoms in total. The Morgan fingerprint density at radius 3 is 1.35 bits per heavy atom. The van der Waals surface area contributed by atoms with Crippen LogP contribution in [-0.2, 0) is 47.9 Å². The van der Waals surface area contributed by atoms with Crippen LogP contribution in [0.5, 0.6) is 40.2 Å². The van der Waals surface area contributed by atoms with Crippen LogP contribution in [0.15, 0.2) is 315 Å². The highest BCUT2D eigenvalue weighted by Gasteiger charge is 2.23. The molecule has 0 amide bonds. The largest absolute Gasteiger partial charge is 0.494 e. The van der Waals surface area contributed by atoms with Crippen molar-refractivity contribution in [2.24, 2.45) is 10.2 Å². The summed E-state index contributed by atoms with van der Waals surface area (Å²) in [5, 5.41) is 19.9. The molecule has 140 heavy (non-hydrogen) atoms. The summed E-state index contributed by atoms with van der Waals surface area (Å²) in [7, 11) is 0. The van der Waals surface area contributed by atoms with Crippen LogP contribution in [-0.4, -0.2) is 102 Å². The lowest BCUT2D eigenvalue weighted by atomic mass is 10.0. The van der Waals surface area contributed by atoms with Crippen molar-refractivity contribution >= 4 is 129 Å². The molecule has 2 N–H and O–H groups in total. The molecule has 0 bridgehead atoms. The number of thiazole rings is 3. The minimum atomic E-state index is -0.634. The first-order valence-electron chi connectivity index (χ1n) is 45.2. The number of hydrazone groups is 2. The van der Waals surface area contributed by atoms with Gasteiger partial charge >= 0.3 is 41.8 Å². The van der Waals surface area contributed by atoms with E-state index in [-0.39, 0.29) is 30.5 Å². The van der Waals surface area contributed by atoms with Gasteiger partial charge in [0.05, 0.1) is 93.2 Å². The van der Waals surface area contributed by atoms with E-state index in [1.165, 1.54) is 75.8 Å². The third kappa shape index (κ3) is 30.1. The number of carbonyl (C=O) groups is 7. The first kappa shape index (κ1) is 101. The number of anilines is 2. The molecule has 0 unspecified atom stereocenters. The van der Waals surface area contributed by atoms with E-state index in [0.717, 1.165) is 124 Å². The van der Waals surface area contributed by atoms with Crippen LogP contribution < -0.4 is 44.0 Å². The number of ether oxygens (including phenoxy) is 10. The molecule has 0 aliphatic heterocycles. The normalized spacial score (nSPS) is 10.7. The zero-order chi connectivity index (χ0) is 98.2. The third-order valence-corrected chi connectivity index (χ3v) is 24.0. The Kier molecular flexibility index (Phi) is 37.6. The van der Waals surface area contributed by atoms with Crippen LogP contribution in [0.2, 0.25) is 0 Å². The molecule has 15 aromatic rings. The minimum Gasteiger partial charge on any atom is -0.494 e. The van der Waals surface area contributed by atoms with E-state index in [2.05, 4.69) is 119 Å². The first-order chi connectivity index (χ1) is 68.4. The number of nitrogens with zero attached hydrogens (tertiary/aromatic N) is 6. The maximum Gasteiger partial charge on any atom is 0.343 e. The van der Waals surface area contributed by atoms with Crippen molar-refractivity contribution in [3.8, 4) is 79.9 Å². The fourth-order valence-electron chi connectivity index (χ4n) is 13.5. The molecule has 0 atom stereocenters. The van der Waals surface area contributed by atoms with Crippen molar-refractivity contribution in [2.45, 2.75) is 91.4 Å². The molecule has 0 fully saturated rings. The molecule has 3 aromatic heterocycles. The molecular weight excluding hydrogens is 1830 g/mol. The van der Waals surface area contributed by atoms with Gasteiger partial charge in [-0.15, -0.1) is 11.3 Å². The summed E-state index contributed by atoms with van der Waals surface area (Å²) in [5.74, 6) is 5.58. The van der Waals surface area contributed by atoms with E-state index >= 15 is 0 Å². The molecule has 0 radical (unpaired) electrons. The summed E-state index contributed by atoms with van der Waals surface area (Å²) in [6.45, 7) is 17.7. The van der Waals surface area contributed by atoms with Crippen LogP contribution in [0.1, 0.15) is 158 Å². The number of unbranched alkanes of at least 4 members (excludes halogenated alkanes) is 4. The van der Waals surface area contributed by atoms with Gasteiger partial charge in [-0.05, 0) is 255 Å². The predicted octanol–water partition coefficient (Wildman–Crippen LogP) is 24.4. The van der Waals surface area contributed by atoms with Gasteiger partial charge in [0, 0.05) is 52.5 Å². The summed E-state index contributed by atoms with van der Waals surface area (Å²) >= 11 is 4.26. The van der Waals surface area contributed by atoms with E-state index in [9.17, 15) is 33.6 Å². The van der Waals surface area contributed by atoms with Crippen LogP contribution in [0.3, 0.4) is 0 Å². The standard InChI is InChI=1S/C42H41N3O5S.C36H33N3O5S.C34H24N2O7S/c1-3-5-12-31-15-17-32(18-16-31)19-20-33-21-26-38(35(29-33)30-43-45-42-44-37-13-8-9-14-39(37)51-42)50-41(47)34-22-24-36(25-23-34)48-27-10-6-7-11-28-49-40(46)4-2;1-3-8-25-11-13-26(14-12-25)28-17-20-32(29(23-28)24-37-39-36-38-31-9-5-6-10-33(31)45-36)44-35(41)27-15-18-30(19-16-27)42-21-7-22-43-34(40)4-2;1-3-21-5-11-24(12-6-21)33(38)42-27-17-18-28(31-30(27)36-32(44-31)23-9-7-22(19-35)8-10-23)43-34(39)25-13-15-26(16-14-25)40-20-41-29(37)4-2/h4,8-9,13-18,21-26,29-30H,2-3,5-7,10-12,27-28H2,1H3,(H,44,45);4-6,9-20,23-24H,2-3,7-8,21-22H2,1H3,(H,38,39);4-18H,2-3,20H2,1H3/b43-30+;37-24+;. The maximum atomic E-state index is 13.2. The number of aromatic nitrogens is 3. The van der Waals surface area contributed by atoms with E-state index in [0.29, 0.717) is 114 Å². The van der Waals surface area contributed by atoms with E-state index in [4.69, 9.17) is 57.6 Å². The van der Waals surface area contributed by atoms with E-state index < -0.39 is 41.8 Å². The third-order valence-electron chi connectivity index (χ3n) is 21.0. The molecule has 0 spiro atoms. The number of aryl methyl sites for hydroxylation is 3. The van der Waals surface area contributed by atoms with Gasteiger partial charge < -0.3 is 47.4 Å². The number of hydrogen-bond donors (Lipinski definition) is 2. The number of nitrogens with one attached hydrogen (secondary N) is 2. The van der Waals surface area contributed by atoms with Gasteiger partial charge in [0.15, 0.2) is 11.5 Å². The molecule has 15 rings (SSSR count). The number of nitriles is 1. The zero-order valence-electron chi connectivity index (χ0n) is 77.1. The second kappa shape index (κ2) is 52.3. The van der Waals surface area contributed by atoms with Gasteiger partial charge in [0.1, 0.15) is 44.0 Å². The monoisotopic (exact) mass is 1920 g/mol. The van der Waals surface area contributed by atoms with Crippen molar-refractivity contribution in [2.75, 3.05) is 44.1 Å². The van der Waals surface area contributed by atoms with Crippen molar-refractivity contribution in [3.05, 3.63) is 372 Å². The Balaban J connectivity index is 0.000000177. The molecule has 0 saturated carbocycles. The lowest BCUT2D eigenvalue weighted by Gasteiger charge is -2.11. The Labute approximate surface area is 822 Å². The molecule has 0 saturated heterocycles. The van der Waals surface area contributed by atoms with Gasteiger partial charge in [-0.2, -0.15) is 15.5 Å². The van der Waals surface area contributed by atoms with E-state index in [1.54, 1.807) is 128 Å². The second-order valence-electron chi connectivity index (χ2n) is 31.0. The highest BCUT2D eigenvalue weighted by Crippen LogP contribution is 2.42. The van der Waals surface area contributed by atoms with E-state index in [1.807, 2.05) is 104 Å². The topological polar surface area (TPSA) is 323 Å². The smallest absolute Gasteiger partial charge is 0.343 e. The Morgan fingerprint density at radius 1 is 0.386 bits per heavy atom. The quantitative estimate of drug-likeness (QED) is 0.00414. The lowest BCUT2D eigenvalue weighted by molar-refractivity contribution is -0.144. The van der Waals surface area contributed by atoms with Crippen LogP contribution >= 0.6 is 34.0 Å².